The van der Waals surface area contributed by atoms with Crippen molar-refractivity contribution in [3.05, 3.63) is 65.2 Å². The predicted octanol–water partition coefficient (Wildman–Crippen LogP) is 3.30. The molecule has 0 aliphatic heterocycles. The summed E-state index contributed by atoms with van der Waals surface area (Å²) in [6.45, 7) is 0. The van der Waals surface area contributed by atoms with Gasteiger partial charge in [0.25, 0.3) is 0 Å². The Bertz CT molecular complexity index is 587. The minimum Gasteiger partial charge on any atom is -0.508 e. The predicted molar refractivity (Wildman–Crippen MR) is 69.9 cm³/mol. The Labute approximate surface area is 106 Å². The van der Waals surface area contributed by atoms with Crippen LogP contribution in [0.5, 0.6) is 5.75 Å². The highest BCUT2D eigenvalue weighted by Crippen LogP contribution is 2.33. The molecule has 1 aliphatic rings. The van der Waals surface area contributed by atoms with Gasteiger partial charge in [0.15, 0.2) is 5.78 Å². The van der Waals surface area contributed by atoms with Gasteiger partial charge in [0.2, 0.25) is 0 Å². The van der Waals surface area contributed by atoms with Crippen LogP contribution >= 0.6 is 0 Å². The molecular weight excluding hydrogens is 224 g/mol. The summed E-state index contributed by atoms with van der Waals surface area (Å²) in [5, 5.41) is 9.45. The molecule has 1 aliphatic carbocycles. The third kappa shape index (κ3) is 1.80. The highest BCUT2D eigenvalue weighted by molar-refractivity contribution is 6.03. The van der Waals surface area contributed by atoms with Gasteiger partial charge in [0.1, 0.15) is 5.75 Å². The van der Waals surface area contributed by atoms with E-state index in [4.69, 9.17) is 0 Å². The number of phenolic OH excluding ortho intramolecular Hbond substituents is 1. The standard InChI is InChI=1S/C16H14O2/c17-13-7-9-15-12(10-13)6-8-14(16(15)18)11-4-2-1-3-5-11/h1-5,7,9-10,14,17H,6,8H2/t14-/m1/s1. The lowest BCUT2D eigenvalue weighted by molar-refractivity contribution is 0.0946. The largest absolute Gasteiger partial charge is 0.508 e. The maximum atomic E-state index is 12.4. The molecule has 0 saturated heterocycles. The molecular formula is C16H14O2. The van der Waals surface area contributed by atoms with E-state index < -0.39 is 0 Å². The molecule has 0 fully saturated rings. The van der Waals surface area contributed by atoms with E-state index in [1.807, 2.05) is 30.3 Å². The van der Waals surface area contributed by atoms with Crippen molar-refractivity contribution in [2.45, 2.75) is 18.8 Å². The molecule has 0 unspecified atom stereocenters. The Morgan fingerprint density at radius 2 is 1.83 bits per heavy atom. The summed E-state index contributed by atoms with van der Waals surface area (Å²) in [7, 11) is 0. The van der Waals surface area contributed by atoms with Crippen molar-refractivity contribution in [1.29, 1.82) is 0 Å². The minimum atomic E-state index is -0.0387. The average Bonchev–Trinajstić information content (AvgIpc) is 2.40. The van der Waals surface area contributed by atoms with E-state index in [0.717, 1.165) is 29.5 Å². The first-order valence-electron chi connectivity index (χ1n) is 6.17. The molecule has 2 nitrogen and oxygen atoms in total. The quantitative estimate of drug-likeness (QED) is 0.827. The molecule has 0 radical (unpaired) electrons. The number of rotatable bonds is 1. The number of Topliss-reactive ketones (excluding diaryl/α,β-unsaturated/α-hetero) is 1. The summed E-state index contributed by atoms with van der Waals surface area (Å²) < 4.78 is 0. The second kappa shape index (κ2) is 4.30. The maximum Gasteiger partial charge on any atom is 0.170 e. The van der Waals surface area contributed by atoms with E-state index in [9.17, 15) is 9.90 Å². The van der Waals surface area contributed by atoms with Crippen molar-refractivity contribution in [2.24, 2.45) is 0 Å². The lowest BCUT2D eigenvalue weighted by atomic mass is 9.79. The number of aryl methyl sites for hydroxylation is 1. The Hall–Kier alpha value is -2.09. The smallest absolute Gasteiger partial charge is 0.170 e. The topological polar surface area (TPSA) is 37.3 Å². The number of aromatic hydroxyl groups is 1. The molecule has 2 heteroatoms. The Balaban J connectivity index is 2.00. The van der Waals surface area contributed by atoms with Crippen molar-refractivity contribution in [2.75, 3.05) is 0 Å². The molecule has 0 saturated carbocycles. The maximum absolute atomic E-state index is 12.4. The normalized spacial score (nSPS) is 18.4. The molecule has 3 rings (SSSR count). The van der Waals surface area contributed by atoms with Crippen molar-refractivity contribution >= 4 is 5.78 Å². The van der Waals surface area contributed by atoms with Crippen LogP contribution in [-0.4, -0.2) is 10.9 Å². The number of fused-ring (bicyclic) bond motifs is 1. The zero-order chi connectivity index (χ0) is 12.5. The van der Waals surface area contributed by atoms with Gasteiger partial charge in [-0.15, -0.1) is 0 Å². The van der Waals surface area contributed by atoms with E-state index in [-0.39, 0.29) is 17.5 Å². The lowest BCUT2D eigenvalue weighted by Gasteiger charge is -2.23. The molecule has 0 bridgehead atoms. The first-order valence-corrected chi connectivity index (χ1v) is 6.17. The number of carbonyl (C=O) groups excluding carboxylic acids is 1. The minimum absolute atomic E-state index is 0.0387. The van der Waals surface area contributed by atoms with Crippen LogP contribution in [0.15, 0.2) is 48.5 Å². The molecule has 0 spiro atoms. The first-order chi connectivity index (χ1) is 8.75. The zero-order valence-electron chi connectivity index (χ0n) is 9.97. The highest BCUT2D eigenvalue weighted by Gasteiger charge is 2.28. The van der Waals surface area contributed by atoms with E-state index in [1.54, 1.807) is 18.2 Å². The van der Waals surface area contributed by atoms with Gasteiger partial charge in [-0.1, -0.05) is 30.3 Å². The molecule has 0 aromatic heterocycles. The van der Waals surface area contributed by atoms with Crippen LogP contribution in [0.4, 0.5) is 0 Å². The summed E-state index contributed by atoms with van der Waals surface area (Å²) in [6.07, 6.45) is 1.66. The van der Waals surface area contributed by atoms with Gasteiger partial charge in [0, 0.05) is 11.5 Å². The van der Waals surface area contributed by atoms with Gasteiger partial charge in [-0.2, -0.15) is 0 Å². The molecule has 90 valence electrons. The number of phenols is 1. The van der Waals surface area contributed by atoms with Gasteiger partial charge in [0.05, 0.1) is 0 Å². The van der Waals surface area contributed by atoms with Crippen molar-refractivity contribution in [3.8, 4) is 5.75 Å². The second-order valence-electron chi connectivity index (χ2n) is 4.71. The average molecular weight is 238 g/mol. The summed E-state index contributed by atoms with van der Waals surface area (Å²) in [5.74, 6) is 0.366. The second-order valence-corrected chi connectivity index (χ2v) is 4.71. The SMILES string of the molecule is O=C1c2ccc(O)cc2CC[C@@H]1c1ccccc1. The van der Waals surface area contributed by atoms with Crippen LogP contribution in [-0.2, 0) is 6.42 Å². The van der Waals surface area contributed by atoms with Crippen LogP contribution in [0.2, 0.25) is 0 Å². The number of benzene rings is 2. The van der Waals surface area contributed by atoms with E-state index >= 15 is 0 Å². The third-order valence-corrected chi connectivity index (χ3v) is 3.58. The molecule has 2 aromatic carbocycles. The number of hydrogen-bond acceptors (Lipinski definition) is 2. The fraction of sp³-hybridized carbons (Fsp3) is 0.188. The summed E-state index contributed by atoms with van der Waals surface area (Å²) in [5.41, 5.74) is 2.81. The Morgan fingerprint density at radius 1 is 1.06 bits per heavy atom. The molecule has 1 N–H and O–H groups in total. The third-order valence-electron chi connectivity index (χ3n) is 3.58. The van der Waals surface area contributed by atoms with Gasteiger partial charge in [-0.05, 0) is 42.2 Å². The highest BCUT2D eigenvalue weighted by atomic mass is 16.3. The molecule has 1 atom stereocenters. The van der Waals surface area contributed by atoms with Crippen LogP contribution in [0.1, 0.15) is 33.8 Å². The summed E-state index contributed by atoms with van der Waals surface area (Å²) in [4.78, 5) is 12.4. The monoisotopic (exact) mass is 238 g/mol. The summed E-state index contributed by atoms with van der Waals surface area (Å²) in [6, 6.07) is 14.9. The van der Waals surface area contributed by atoms with Crippen LogP contribution in [0, 0.1) is 0 Å². The molecule has 18 heavy (non-hydrogen) atoms. The van der Waals surface area contributed by atoms with Gasteiger partial charge >= 0.3 is 0 Å². The van der Waals surface area contributed by atoms with Gasteiger partial charge in [-0.25, -0.2) is 0 Å². The number of ketones is 1. The first kappa shape index (κ1) is 11.0. The van der Waals surface area contributed by atoms with E-state index in [0.29, 0.717) is 0 Å². The fourth-order valence-electron chi connectivity index (χ4n) is 2.65. The van der Waals surface area contributed by atoms with Gasteiger partial charge in [-0.3, -0.25) is 4.79 Å². The van der Waals surface area contributed by atoms with E-state index in [1.165, 1.54) is 0 Å². The molecule has 2 aromatic rings. The molecule has 0 amide bonds. The van der Waals surface area contributed by atoms with Crippen molar-refractivity contribution in [1.82, 2.24) is 0 Å². The Kier molecular flexibility index (Phi) is 2.63. The van der Waals surface area contributed by atoms with Crippen LogP contribution < -0.4 is 0 Å². The van der Waals surface area contributed by atoms with Crippen molar-refractivity contribution in [3.63, 3.8) is 0 Å². The summed E-state index contributed by atoms with van der Waals surface area (Å²) >= 11 is 0. The van der Waals surface area contributed by atoms with Crippen LogP contribution in [0.25, 0.3) is 0 Å². The van der Waals surface area contributed by atoms with Gasteiger partial charge < -0.3 is 5.11 Å². The molecule has 0 heterocycles. The number of hydrogen-bond donors (Lipinski definition) is 1. The van der Waals surface area contributed by atoms with Crippen LogP contribution in [0.3, 0.4) is 0 Å². The van der Waals surface area contributed by atoms with Crippen molar-refractivity contribution < 1.29 is 9.90 Å². The lowest BCUT2D eigenvalue weighted by Crippen LogP contribution is -2.20. The van der Waals surface area contributed by atoms with E-state index in [2.05, 4.69) is 0 Å². The fourth-order valence-corrected chi connectivity index (χ4v) is 2.65. The zero-order valence-corrected chi connectivity index (χ0v) is 9.97. The number of carbonyl (C=O) groups is 1. The Morgan fingerprint density at radius 3 is 2.61 bits per heavy atom.